The summed E-state index contributed by atoms with van der Waals surface area (Å²) in [5.41, 5.74) is 3.74. The second kappa shape index (κ2) is 9.46. The van der Waals surface area contributed by atoms with E-state index in [4.69, 9.17) is 4.52 Å². The smallest absolute Gasteiger partial charge is 0.274 e. The number of hydrogen-bond donors (Lipinski definition) is 0. The van der Waals surface area contributed by atoms with Gasteiger partial charge in [0.15, 0.2) is 0 Å². The molecule has 3 heterocycles. The van der Waals surface area contributed by atoms with Crippen molar-refractivity contribution < 1.29 is 14.1 Å². The Kier molecular flexibility index (Phi) is 6.07. The lowest BCUT2D eigenvalue weighted by molar-refractivity contribution is -0.141. The van der Waals surface area contributed by atoms with Crippen molar-refractivity contribution in [3.8, 4) is 11.4 Å². The number of aryl methyl sites for hydroxylation is 1. The van der Waals surface area contributed by atoms with Crippen LogP contribution in [0.4, 0.5) is 5.69 Å². The molecule has 5 rings (SSSR count). The number of piperazine rings is 1. The van der Waals surface area contributed by atoms with Crippen molar-refractivity contribution in [2.75, 3.05) is 37.6 Å². The van der Waals surface area contributed by atoms with E-state index in [1.807, 2.05) is 36.4 Å². The molecule has 1 aromatic heterocycles. The van der Waals surface area contributed by atoms with Gasteiger partial charge in [0.1, 0.15) is 12.3 Å². The summed E-state index contributed by atoms with van der Waals surface area (Å²) < 4.78 is 5.39. The number of nitrogens with zero attached hydrogens (tertiary/aromatic N) is 6. The minimum atomic E-state index is -0.182. The fraction of sp³-hybridized carbons (Fsp3) is 0.320. The fourth-order valence-corrected chi connectivity index (χ4v) is 4.19. The van der Waals surface area contributed by atoms with Crippen molar-refractivity contribution in [2.45, 2.75) is 19.8 Å². The quantitative estimate of drug-likeness (QED) is 0.584. The lowest BCUT2D eigenvalue weighted by Crippen LogP contribution is -2.51. The Morgan fingerprint density at radius 2 is 1.79 bits per heavy atom. The molecule has 1 saturated heterocycles. The van der Waals surface area contributed by atoms with Crippen LogP contribution in [0.3, 0.4) is 0 Å². The van der Waals surface area contributed by atoms with E-state index in [-0.39, 0.29) is 30.7 Å². The zero-order valence-corrected chi connectivity index (χ0v) is 19.1. The highest BCUT2D eigenvalue weighted by molar-refractivity contribution is 6.01. The third kappa shape index (κ3) is 4.68. The monoisotopic (exact) mass is 458 g/mol. The molecule has 0 unspecified atom stereocenters. The van der Waals surface area contributed by atoms with Crippen molar-refractivity contribution in [1.82, 2.24) is 20.0 Å². The Labute approximate surface area is 197 Å². The van der Waals surface area contributed by atoms with E-state index in [0.29, 0.717) is 31.0 Å². The molecule has 3 aromatic rings. The van der Waals surface area contributed by atoms with Crippen molar-refractivity contribution in [3.63, 3.8) is 0 Å². The zero-order valence-electron chi connectivity index (χ0n) is 19.1. The largest absolute Gasteiger partial charge is 0.368 e. The second-order valence-electron chi connectivity index (χ2n) is 8.49. The molecule has 34 heavy (non-hydrogen) atoms. The Hall–Kier alpha value is -4.01. The van der Waals surface area contributed by atoms with Crippen LogP contribution in [0.1, 0.15) is 24.3 Å². The Morgan fingerprint density at radius 3 is 2.56 bits per heavy atom. The van der Waals surface area contributed by atoms with E-state index in [1.54, 1.807) is 4.90 Å². The van der Waals surface area contributed by atoms with Crippen LogP contribution < -0.4 is 4.90 Å². The van der Waals surface area contributed by atoms with Crippen LogP contribution in [0, 0.1) is 6.92 Å². The number of carbonyl (C=O) groups is 2. The van der Waals surface area contributed by atoms with Crippen LogP contribution in [-0.2, 0) is 9.59 Å². The molecule has 0 atom stereocenters. The van der Waals surface area contributed by atoms with Gasteiger partial charge in [-0.3, -0.25) is 9.59 Å². The number of benzene rings is 2. The standard InChI is InChI=1S/C25H26N6O3/c1-18-6-5-9-20(16-18)29-12-14-30(15-13-29)23(33)17-31-22(32)11-10-21(27-31)25-26-24(28-34-25)19-7-3-2-4-8-19/h2-9,16H,10-15,17H2,1H3. The van der Waals surface area contributed by atoms with E-state index < -0.39 is 0 Å². The molecule has 0 bridgehead atoms. The summed E-state index contributed by atoms with van der Waals surface area (Å²) in [6, 6.07) is 17.9. The summed E-state index contributed by atoms with van der Waals surface area (Å²) in [5.74, 6) is 0.441. The summed E-state index contributed by atoms with van der Waals surface area (Å²) in [6.07, 6.45) is 0.644. The molecule has 9 heteroatoms. The molecule has 0 saturated carbocycles. The average molecular weight is 459 g/mol. The van der Waals surface area contributed by atoms with Crippen molar-refractivity contribution in [3.05, 3.63) is 66.1 Å². The Morgan fingerprint density at radius 1 is 1.00 bits per heavy atom. The minimum absolute atomic E-state index is 0.0908. The van der Waals surface area contributed by atoms with Crippen LogP contribution >= 0.6 is 0 Å². The van der Waals surface area contributed by atoms with E-state index in [9.17, 15) is 9.59 Å². The van der Waals surface area contributed by atoms with Crippen molar-refractivity contribution in [2.24, 2.45) is 5.10 Å². The number of rotatable bonds is 5. The van der Waals surface area contributed by atoms with Crippen LogP contribution in [0.15, 0.2) is 64.2 Å². The van der Waals surface area contributed by atoms with Crippen LogP contribution in [0.5, 0.6) is 0 Å². The summed E-state index contributed by atoms with van der Waals surface area (Å²) >= 11 is 0. The second-order valence-corrected chi connectivity index (χ2v) is 8.49. The number of amides is 2. The fourth-order valence-electron chi connectivity index (χ4n) is 4.19. The lowest BCUT2D eigenvalue weighted by Gasteiger charge is -2.37. The first-order valence-electron chi connectivity index (χ1n) is 11.4. The van der Waals surface area contributed by atoms with Gasteiger partial charge in [-0.2, -0.15) is 10.1 Å². The van der Waals surface area contributed by atoms with Crippen LogP contribution in [0.2, 0.25) is 0 Å². The maximum absolute atomic E-state index is 12.9. The number of hydrazone groups is 1. The molecule has 0 spiro atoms. The maximum Gasteiger partial charge on any atom is 0.274 e. The average Bonchev–Trinajstić information content (AvgIpc) is 3.36. The predicted octanol–water partition coefficient (Wildman–Crippen LogP) is 2.72. The van der Waals surface area contributed by atoms with Gasteiger partial charge >= 0.3 is 0 Å². The summed E-state index contributed by atoms with van der Waals surface area (Å²) in [7, 11) is 0. The predicted molar refractivity (Wildman–Crippen MR) is 127 cm³/mol. The zero-order chi connectivity index (χ0) is 23.5. The topological polar surface area (TPSA) is 95.1 Å². The third-order valence-corrected chi connectivity index (χ3v) is 6.09. The molecule has 0 aliphatic carbocycles. The van der Waals surface area contributed by atoms with Gasteiger partial charge in [-0.05, 0) is 24.6 Å². The van der Waals surface area contributed by atoms with Crippen molar-refractivity contribution >= 4 is 23.2 Å². The Bertz CT molecular complexity index is 1210. The molecule has 2 aliphatic rings. The molecule has 2 aliphatic heterocycles. The minimum Gasteiger partial charge on any atom is -0.368 e. The van der Waals surface area contributed by atoms with Gasteiger partial charge in [-0.1, -0.05) is 47.6 Å². The molecular formula is C25H26N6O3. The first kappa shape index (κ1) is 21.8. The van der Waals surface area contributed by atoms with Gasteiger partial charge in [0.05, 0.1) is 0 Å². The maximum atomic E-state index is 12.9. The Balaban J connectivity index is 1.22. The summed E-state index contributed by atoms with van der Waals surface area (Å²) in [6.45, 7) is 4.70. The van der Waals surface area contributed by atoms with Crippen LogP contribution in [-0.4, -0.2) is 70.3 Å². The van der Waals surface area contributed by atoms with Gasteiger partial charge in [-0.15, -0.1) is 0 Å². The van der Waals surface area contributed by atoms with Crippen LogP contribution in [0.25, 0.3) is 11.4 Å². The normalized spacial score (nSPS) is 16.6. The van der Waals surface area contributed by atoms with Gasteiger partial charge in [-0.25, -0.2) is 5.01 Å². The first-order valence-corrected chi connectivity index (χ1v) is 11.4. The highest BCUT2D eigenvalue weighted by atomic mass is 16.5. The molecule has 1 fully saturated rings. The molecule has 9 nitrogen and oxygen atoms in total. The molecule has 174 valence electrons. The first-order chi connectivity index (χ1) is 16.6. The van der Waals surface area contributed by atoms with E-state index in [1.165, 1.54) is 16.3 Å². The molecule has 0 radical (unpaired) electrons. The number of aromatic nitrogens is 2. The lowest BCUT2D eigenvalue weighted by atomic mass is 10.1. The van der Waals surface area contributed by atoms with E-state index in [0.717, 1.165) is 18.7 Å². The van der Waals surface area contributed by atoms with Gasteiger partial charge in [0, 0.05) is 50.3 Å². The van der Waals surface area contributed by atoms with Gasteiger partial charge in [0.25, 0.3) is 5.89 Å². The number of anilines is 1. The molecule has 2 amide bonds. The molecule has 0 N–H and O–H groups in total. The molecular weight excluding hydrogens is 432 g/mol. The van der Waals surface area contributed by atoms with Gasteiger partial charge < -0.3 is 14.3 Å². The van der Waals surface area contributed by atoms with E-state index >= 15 is 0 Å². The summed E-state index contributed by atoms with van der Waals surface area (Å²) in [5, 5.41) is 9.66. The highest BCUT2D eigenvalue weighted by Gasteiger charge is 2.29. The van der Waals surface area contributed by atoms with Gasteiger partial charge in [0.2, 0.25) is 17.6 Å². The molecule has 2 aromatic carbocycles. The van der Waals surface area contributed by atoms with E-state index in [2.05, 4.69) is 45.3 Å². The number of carbonyl (C=O) groups excluding carboxylic acids is 2. The highest BCUT2D eigenvalue weighted by Crippen LogP contribution is 2.20. The summed E-state index contributed by atoms with van der Waals surface area (Å²) in [4.78, 5) is 33.9. The number of hydrogen-bond acceptors (Lipinski definition) is 7. The third-order valence-electron chi connectivity index (χ3n) is 6.09. The van der Waals surface area contributed by atoms with Crippen molar-refractivity contribution in [1.29, 1.82) is 0 Å². The SMILES string of the molecule is Cc1cccc(N2CCN(C(=O)CN3N=C(c4nc(-c5ccccc5)no4)CCC3=O)CC2)c1.